The van der Waals surface area contributed by atoms with Crippen molar-refractivity contribution in [2.45, 2.75) is 50.3 Å². The molecular weight excluding hydrogens is 624 g/mol. The minimum Gasteiger partial charge on any atom is -0.479 e. The molecule has 220 valence electrons. The Morgan fingerprint density at radius 3 is 2.26 bits per heavy atom. The minimum absolute atomic E-state index is 0.0591. The fourth-order valence-corrected chi connectivity index (χ4v) is 6.48. The summed E-state index contributed by atoms with van der Waals surface area (Å²) in [5, 5.41) is 23.0. The lowest BCUT2D eigenvalue weighted by molar-refractivity contribution is -0.158. The van der Waals surface area contributed by atoms with E-state index in [1.165, 1.54) is 13.0 Å². The van der Waals surface area contributed by atoms with Crippen molar-refractivity contribution < 1.29 is 28.2 Å². The number of benzene rings is 3. The number of nitrogens with one attached hydrogen (secondary N) is 2. The summed E-state index contributed by atoms with van der Waals surface area (Å²) in [4.78, 5) is 28.7. The molecule has 0 radical (unpaired) electrons. The monoisotopic (exact) mass is 654 g/mol. The zero-order chi connectivity index (χ0) is 30.5. The van der Waals surface area contributed by atoms with Crippen LogP contribution >= 0.6 is 15.9 Å². The molecule has 1 unspecified atom stereocenters. The van der Waals surface area contributed by atoms with Gasteiger partial charge in [0.25, 0.3) is 10.0 Å². The third kappa shape index (κ3) is 6.89. The van der Waals surface area contributed by atoms with Crippen molar-refractivity contribution in [1.29, 1.82) is 0 Å². The van der Waals surface area contributed by atoms with E-state index in [-0.39, 0.29) is 28.3 Å². The van der Waals surface area contributed by atoms with E-state index in [1.807, 2.05) is 37.3 Å². The quantitative estimate of drug-likeness (QED) is 0.181. The molecule has 4 aromatic rings. The number of urea groups is 1. The van der Waals surface area contributed by atoms with Crippen molar-refractivity contribution in [3.8, 4) is 11.1 Å². The van der Waals surface area contributed by atoms with E-state index in [1.54, 1.807) is 47.0 Å². The average molecular weight is 656 g/mol. The van der Waals surface area contributed by atoms with Crippen LogP contribution in [0.25, 0.3) is 11.1 Å². The number of carboxylic acid groups (broad SMARTS) is 1. The van der Waals surface area contributed by atoms with Crippen molar-refractivity contribution in [2.24, 2.45) is 0 Å². The second kappa shape index (κ2) is 12.9. The number of nitrogens with zero attached hydrogens (tertiary/aromatic N) is 2. The molecule has 1 aromatic heterocycles. The average Bonchev–Trinajstić information content (AvgIpc) is 3.27. The Morgan fingerprint density at radius 1 is 0.976 bits per heavy atom. The Kier molecular flexibility index (Phi) is 9.50. The lowest BCUT2D eigenvalue weighted by Gasteiger charge is -2.22. The fourth-order valence-electron chi connectivity index (χ4n) is 4.52. The number of hydrogen-bond acceptors (Lipinski definition) is 6. The number of halogens is 1. The molecule has 4 N–H and O–H groups in total. The summed E-state index contributed by atoms with van der Waals surface area (Å²) in [5.74, 6) is -0.777. The van der Waals surface area contributed by atoms with Gasteiger partial charge >= 0.3 is 12.0 Å². The standard InChI is InChI=1S/C30H31BrN4O6S/c1-3-9-25-33-27(31)26(30(2,39)28(36)37)35(25)19-21-14-16-22(17-15-21)23-12-7-8-13-24(23)42(40,41)34-29(38)32-18-20-10-5-4-6-11-20/h4-8,10-17,39H,3,9,18-19H2,1-2H3,(H,36,37)(H2,32,34,38). The van der Waals surface area contributed by atoms with Gasteiger partial charge < -0.3 is 20.1 Å². The third-order valence-electron chi connectivity index (χ3n) is 6.66. The predicted octanol–water partition coefficient (Wildman–Crippen LogP) is 4.79. The Morgan fingerprint density at radius 2 is 1.62 bits per heavy atom. The van der Waals surface area contributed by atoms with E-state index in [2.05, 4.69) is 31.0 Å². The lowest BCUT2D eigenvalue weighted by atomic mass is 10.0. The second-order valence-electron chi connectivity index (χ2n) is 9.85. The molecule has 10 nitrogen and oxygen atoms in total. The van der Waals surface area contributed by atoms with Crippen LogP contribution in [0.3, 0.4) is 0 Å². The van der Waals surface area contributed by atoms with Crippen LogP contribution in [0.1, 0.15) is 42.9 Å². The number of aliphatic carboxylic acids is 1. The predicted molar refractivity (Wildman–Crippen MR) is 161 cm³/mol. The van der Waals surface area contributed by atoms with Gasteiger partial charge in [0.1, 0.15) is 10.4 Å². The van der Waals surface area contributed by atoms with Crippen molar-refractivity contribution in [3.05, 3.63) is 106 Å². The zero-order valence-corrected chi connectivity index (χ0v) is 25.4. The number of carbonyl (C=O) groups is 2. The number of aryl methyl sites for hydroxylation is 1. The molecule has 0 bridgehead atoms. The second-order valence-corrected chi connectivity index (χ2v) is 12.2. The Hall–Kier alpha value is -4.00. The number of rotatable bonds is 11. The maximum atomic E-state index is 13.2. The number of aromatic nitrogens is 2. The van der Waals surface area contributed by atoms with Gasteiger partial charge in [0, 0.05) is 25.1 Å². The highest BCUT2D eigenvalue weighted by Crippen LogP contribution is 2.32. The lowest BCUT2D eigenvalue weighted by Crippen LogP contribution is -2.39. The van der Waals surface area contributed by atoms with Crippen LogP contribution in [0.4, 0.5) is 4.79 Å². The molecule has 2 amide bonds. The van der Waals surface area contributed by atoms with Crippen LogP contribution in [0.5, 0.6) is 0 Å². The highest BCUT2D eigenvalue weighted by Gasteiger charge is 2.39. The third-order valence-corrected chi connectivity index (χ3v) is 8.60. The highest BCUT2D eigenvalue weighted by molar-refractivity contribution is 9.10. The molecule has 0 aliphatic carbocycles. The first kappa shape index (κ1) is 30.9. The van der Waals surface area contributed by atoms with Crippen LogP contribution in [0.2, 0.25) is 0 Å². The van der Waals surface area contributed by atoms with Crippen LogP contribution in [-0.2, 0) is 39.9 Å². The van der Waals surface area contributed by atoms with E-state index >= 15 is 0 Å². The molecule has 0 saturated carbocycles. The SMILES string of the molecule is CCCc1nc(Br)c(C(C)(O)C(=O)O)n1Cc1ccc(-c2ccccc2S(=O)(=O)NC(=O)NCc2ccccc2)cc1. The largest absolute Gasteiger partial charge is 0.479 e. The van der Waals surface area contributed by atoms with Crippen molar-refractivity contribution in [2.75, 3.05) is 0 Å². The van der Waals surface area contributed by atoms with Crippen LogP contribution in [0.15, 0.2) is 88.4 Å². The molecule has 0 aliphatic rings. The minimum atomic E-state index is -4.20. The smallest absolute Gasteiger partial charge is 0.341 e. The Balaban J connectivity index is 1.58. The molecule has 1 heterocycles. The summed E-state index contributed by atoms with van der Waals surface area (Å²) < 4.78 is 30.4. The number of amides is 2. The van der Waals surface area contributed by atoms with E-state index in [9.17, 15) is 28.2 Å². The molecule has 0 fully saturated rings. The first-order chi connectivity index (χ1) is 19.9. The summed E-state index contributed by atoms with van der Waals surface area (Å²) in [6.45, 7) is 3.59. The van der Waals surface area contributed by atoms with Gasteiger partial charge in [0.2, 0.25) is 5.60 Å². The first-order valence-electron chi connectivity index (χ1n) is 13.2. The summed E-state index contributed by atoms with van der Waals surface area (Å²) in [6, 6.07) is 21.7. The summed E-state index contributed by atoms with van der Waals surface area (Å²) in [5.41, 5.74) is 0.569. The Bertz CT molecular complexity index is 1690. The van der Waals surface area contributed by atoms with Crippen molar-refractivity contribution in [3.63, 3.8) is 0 Å². The normalized spacial score (nSPS) is 12.9. The molecule has 4 rings (SSSR count). The van der Waals surface area contributed by atoms with E-state index in [0.29, 0.717) is 23.4 Å². The number of sulfonamides is 1. The molecule has 0 aliphatic heterocycles. The number of carboxylic acids is 1. The highest BCUT2D eigenvalue weighted by atomic mass is 79.9. The van der Waals surface area contributed by atoms with Crippen molar-refractivity contribution in [1.82, 2.24) is 19.6 Å². The number of hydrogen-bond donors (Lipinski definition) is 4. The van der Waals surface area contributed by atoms with Gasteiger partial charge in [-0.3, -0.25) is 0 Å². The van der Waals surface area contributed by atoms with Gasteiger partial charge in [0.15, 0.2) is 0 Å². The van der Waals surface area contributed by atoms with Crippen LogP contribution in [-0.4, -0.2) is 40.2 Å². The van der Waals surface area contributed by atoms with Crippen LogP contribution < -0.4 is 10.0 Å². The summed E-state index contributed by atoms with van der Waals surface area (Å²) in [7, 11) is -4.20. The molecule has 0 spiro atoms. The number of aliphatic hydroxyl groups is 1. The fraction of sp³-hybridized carbons (Fsp3) is 0.233. The molecule has 42 heavy (non-hydrogen) atoms. The zero-order valence-electron chi connectivity index (χ0n) is 23.0. The maximum Gasteiger partial charge on any atom is 0.341 e. The summed E-state index contributed by atoms with van der Waals surface area (Å²) in [6.07, 6.45) is 1.34. The van der Waals surface area contributed by atoms with Gasteiger partial charge in [-0.05, 0) is 52.0 Å². The molecular formula is C30H31BrN4O6S. The number of imidazole rings is 1. The maximum absolute atomic E-state index is 13.2. The Labute approximate surface area is 252 Å². The molecule has 0 saturated heterocycles. The van der Waals surface area contributed by atoms with Gasteiger partial charge in [-0.1, -0.05) is 79.7 Å². The van der Waals surface area contributed by atoms with E-state index in [4.69, 9.17) is 0 Å². The van der Waals surface area contributed by atoms with Gasteiger partial charge in [0.05, 0.1) is 10.6 Å². The summed E-state index contributed by atoms with van der Waals surface area (Å²) >= 11 is 3.32. The van der Waals surface area contributed by atoms with Gasteiger partial charge in [-0.2, -0.15) is 0 Å². The molecule has 1 atom stereocenters. The molecule has 3 aromatic carbocycles. The first-order valence-corrected chi connectivity index (χ1v) is 15.5. The van der Waals surface area contributed by atoms with E-state index in [0.717, 1.165) is 17.5 Å². The van der Waals surface area contributed by atoms with Gasteiger partial charge in [-0.15, -0.1) is 0 Å². The number of carbonyl (C=O) groups excluding carboxylic acids is 1. The molecule has 12 heteroatoms. The topological polar surface area (TPSA) is 151 Å². The van der Waals surface area contributed by atoms with Crippen LogP contribution in [0, 0.1) is 0 Å². The van der Waals surface area contributed by atoms with Gasteiger partial charge in [-0.25, -0.2) is 27.7 Å². The van der Waals surface area contributed by atoms with E-state index < -0.39 is 27.6 Å². The van der Waals surface area contributed by atoms with Crippen molar-refractivity contribution >= 4 is 38.0 Å².